The van der Waals surface area contributed by atoms with Crippen LogP contribution in [0, 0.1) is 0 Å². The van der Waals surface area contributed by atoms with E-state index in [2.05, 4.69) is 30.9 Å². The molecule has 0 saturated carbocycles. The number of rotatable bonds is 6. The van der Waals surface area contributed by atoms with Gasteiger partial charge in [0.15, 0.2) is 5.65 Å². The fraction of sp³-hybridized carbons (Fsp3) is 0.455. The van der Waals surface area contributed by atoms with E-state index in [9.17, 15) is 4.79 Å². The predicted octanol–water partition coefficient (Wildman–Crippen LogP) is -0.399. The minimum atomic E-state index is -0.0631. The average Bonchev–Trinajstić information content (AvgIpc) is 2.91. The van der Waals surface area contributed by atoms with Crippen molar-refractivity contribution in [1.29, 1.82) is 0 Å². The zero-order valence-corrected chi connectivity index (χ0v) is 11.5. The summed E-state index contributed by atoms with van der Waals surface area (Å²) >= 11 is 0. The first-order valence-electron chi connectivity index (χ1n) is 6.31. The Morgan fingerprint density at radius 2 is 2.30 bits per heavy atom. The van der Waals surface area contributed by atoms with E-state index in [4.69, 9.17) is 5.84 Å². The maximum absolute atomic E-state index is 11.8. The van der Waals surface area contributed by atoms with Crippen molar-refractivity contribution in [3.8, 4) is 0 Å². The molecule has 0 aliphatic carbocycles. The van der Waals surface area contributed by atoms with Gasteiger partial charge in [0.1, 0.15) is 5.82 Å². The highest BCUT2D eigenvalue weighted by Crippen LogP contribution is 2.22. The Hall–Kier alpha value is -2.42. The number of likely N-dealkylation sites (N-methyl/N-ethyl adjacent to an activating group) is 1. The highest BCUT2D eigenvalue weighted by atomic mass is 16.2. The Morgan fingerprint density at radius 1 is 1.50 bits per heavy atom. The van der Waals surface area contributed by atoms with Crippen LogP contribution in [-0.2, 0) is 4.79 Å². The number of fused-ring (bicyclic) bond motifs is 1. The number of amides is 1. The molecule has 0 aromatic carbocycles. The highest BCUT2D eigenvalue weighted by molar-refractivity contribution is 5.90. The quantitative estimate of drug-likeness (QED) is 0.418. The van der Waals surface area contributed by atoms with Gasteiger partial charge in [0.2, 0.25) is 11.9 Å². The Kier molecular flexibility index (Phi) is 4.31. The molecule has 0 atom stereocenters. The van der Waals surface area contributed by atoms with E-state index in [-0.39, 0.29) is 18.4 Å². The van der Waals surface area contributed by atoms with Crippen molar-refractivity contribution >= 4 is 28.7 Å². The van der Waals surface area contributed by atoms with E-state index in [1.807, 2.05) is 6.92 Å². The Bertz CT molecular complexity index is 595. The first-order valence-corrected chi connectivity index (χ1v) is 6.31. The van der Waals surface area contributed by atoms with Crippen LogP contribution in [0.4, 0.5) is 11.8 Å². The van der Waals surface area contributed by atoms with Crippen molar-refractivity contribution in [1.82, 2.24) is 25.5 Å². The first-order chi connectivity index (χ1) is 9.65. The van der Waals surface area contributed by atoms with E-state index in [1.54, 1.807) is 18.1 Å². The zero-order chi connectivity index (χ0) is 14.5. The van der Waals surface area contributed by atoms with Gasteiger partial charge in [-0.1, -0.05) is 6.92 Å². The van der Waals surface area contributed by atoms with Crippen molar-refractivity contribution < 1.29 is 4.79 Å². The van der Waals surface area contributed by atoms with Gasteiger partial charge in [-0.05, 0) is 6.42 Å². The number of hydrogen-bond donors (Lipinski definition) is 4. The van der Waals surface area contributed by atoms with Crippen molar-refractivity contribution in [3.63, 3.8) is 0 Å². The van der Waals surface area contributed by atoms with Gasteiger partial charge in [0, 0.05) is 13.6 Å². The number of carbonyl (C=O) groups is 1. The van der Waals surface area contributed by atoms with Gasteiger partial charge in [0.25, 0.3) is 0 Å². The molecule has 9 heteroatoms. The normalized spacial score (nSPS) is 10.6. The number of aromatic nitrogens is 4. The zero-order valence-electron chi connectivity index (χ0n) is 11.5. The number of nitrogen functional groups attached to an aromatic ring is 1. The number of nitrogens with one attached hydrogen (secondary N) is 3. The standard InChI is InChI=1S/C11H18N8O/c1-3-4-13-8(20)6-19(2)10-7-5-14-18-9(7)15-11(16-10)17-12/h5H,3-4,6,12H2,1-2H3,(H,13,20)(H2,14,15,16,17,18). The Morgan fingerprint density at radius 3 is 3.00 bits per heavy atom. The monoisotopic (exact) mass is 278 g/mol. The fourth-order valence-electron chi connectivity index (χ4n) is 1.79. The molecule has 0 fully saturated rings. The van der Waals surface area contributed by atoms with Crippen LogP contribution in [0.3, 0.4) is 0 Å². The molecule has 2 aromatic heterocycles. The molecule has 0 aliphatic rings. The molecule has 0 aliphatic heterocycles. The molecule has 0 spiro atoms. The van der Waals surface area contributed by atoms with Crippen LogP contribution in [0.5, 0.6) is 0 Å². The lowest BCUT2D eigenvalue weighted by Gasteiger charge is -2.18. The molecule has 1 amide bonds. The van der Waals surface area contributed by atoms with Gasteiger partial charge in [-0.2, -0.15) is 15.1 Å². The number of hydrogen-bond acceptors (Lipinski definition) is 7. The van der Waals surface area contributed by atoms with Gasteiger partial charge < -0.3 is 10.2 Å². The summed E-state index contributed by atoms with van der Waals surface area (Å²) in [6.45, 7) is 2.86. The summed E-state index contributed by atoms with van der Waals surface area (Å²) in [6, 6.07) is 0. The topological polar surface area (TPSA) is 125 Å². The third kappa shape index (κ3) is 2.94. The van der Waals surface area contributed by atoms with Crippen LogP contribution in [-0.4, -0.2) is 46.2 Å². The predicted molar refractivity (Wildman–Crippen MR) is 76.1 cm³/mol. The van der Waals surface area contributed by atoms with Crippen LogP contribution in [0.15, 0.2) is 6.20 Å². The molecule has 2 heterocycles. The number of nitrogens with two attached hydrogens (primary N) is 1. The van der Waals surface area contributed by atoms with E-state index in [0.717, 1.165) is 11.8 Å². The SMILES string of the molecule is CCCNC(=O)CN(C)c1nc(NN)nc2[nH]ncc12. The number of nitrogens with zero attached hydrogens (tertiary/aromatic N) is 4. The van der Waals surface area contributed by atoms with Gasteiger partial charge in [-0.25, -0.2) is 5.84 Å². The van der Waals surface area contributed by atoms with Gasteiger partial charge in [0.05, 0.1) is 18.1 Å². The van der Waals surface area contributed by atoms with Crippen LogP contribution in [0.25, 0.3) is 11.0 Å². The lowest BCUT2D eigenvalue weighted by atomic mass is 10.3. The largest absolute Gasteiger partial charge is 0.355 e. The molecule has 2 aromatic rings. The summed E-state index contributed by atoms with van der Waals surface area (Å²) < 4.78 is 0. The third-order valence-electron chi connectivity index (χ3n) is 2.73. The fourth-order valence-corrected chi connectivity index (χ4v) is 1.79. The number of H-pyrrole nitrogens is 1. The maximum atomic E-state index is 11.8. The summed E-state index contributed by atoms with van der Waals surface area (Å²) in [4.78, 5) is 21.9. The maximum Gasteiger partial charge on any atom is 0.241 e. The first kappa shape index (κ1) is 14.0. The third-order valence-corrected chi connectivity index (χ3v) is 2.73. The lowest BCUT2D eigenvalue weighted by Crippen LogP contribution is -2.36. The van der Waals surface area contributed by atoms with E-state index in [1.165, 1.54) is 0 Å². The molecule has 0 saturated heterocycles. The molecule has 20 heavy (non-hydrogen) atoms. The molecule has 0 unspecified atom stereocenters. The minimum absolute atomic E-state index is 0.0631. The minimum Gasteiger partial charge on any atom is -0.355 e. The molecular formula is C11H18N8O. The van der Waals surface area contributed by atoms with Crippen molar-refractivity contribution in [3.05, 3.63) is 6.20 Å². The Balaban J connectivity index is 2.22. The summed E-state index contributed by atoms with van der Waals surface area (Å²) in [5.74, 6) is 6.12. The van der Waals surface area contributed by atoms with Crippen molar-refractivity contribution in [2.75, 3.05) is 30.5 Å². The van der Waals surface area contributed by atoms with Gasteiger partial charge in [-0.3, -0.25) is 15.3 Å². The lowest BCUT2D eigenvalue weighted by molar-refractivity contribution is -0.119. The molecular weight excluding hydrogens is 260 g/mol. The average molecular weight is 278 g/mol. The Labute approximate surface area is 115 Å². The van der Waals surface area contributed by atoms with Gasteiger partial charge >= 0.3 is 0 Å². The number of carbonyl (C=O) groups excluding carboxylic acids is 1. The second-order valence-corrected chi connectivity index (χ2v) is 4.35. The summed E-state index contributed by atoms with van der Waals surface area (Å²) in [7, 11) is 1.78. The summed E-state index contributed by atoms with van der Waals surface area (Å²) in [6.07, 6.45) is 2.52. The van der Waals surface area contributed by atoms with Crippen molar-refractivity contribution in [2.45, 2.75) is 13.3 Å². The number of hydrazine groups is 1. The molecule has 108 valence electrons. The van der Waals surface area contributed by atoms with E-state index in [0.29, 0.717) is 18.0 Å². The second kappa shape index (κ2) is 6.15. The molecule has 5 N–H and O–H groups in total. The highest BCUT2D eigenvalue weighted by Gasteiger charge is 2.15. The van der Waals surface area contributed by atoms with E-state index >= 15 is 0 Å². The summed E-state index contributed by atoms with van der Waals surface area (Å²) in [5, 5.41) is 10.2. The van der Waals surface area contributed by atoms with Crippen LogP contribution in [0.2, 0.25) is 0 Å². The molecule has 2 rings (SSSR count). The smallest absolute Gasteiger partial charge is 0.241 e. The van der Waals surface area contributed by atoms with Crippen LogP contribution < -0.4 is 21.5 Å². The molecule has 9 nitrogen and oxygen atoms in total. The van der Waals surface area contributed by atoms with Crippen LogP contribution >= 0.6 is 0 Å². The second-order valence-electron chi connectivity index (χ2n) is 4.35. The molecule has 0 bridgehead atoms. The van der Waals surface area contributed by atoms with Crippen molar-refractivity contribution in [2.24, 2.45) is 5.84 Å². The number of aromatic amines is 1. The summed E-state index contributed by atoms with van der Waals surface area (Å²) in [5.41, 5.74) is 2.95. The number of anilines is 2. The van der Waals surface area contributed by atoms with Crippen LogP contribution in [0.1, 0.15) is 13.3 Å². The van der Waals surface area contributed by atoms with E-state index < -0.39 is 0 Å². The molecule has 0 radical (unpaired) electrons. The van der Waals surface area contributed by atoms with Gasteiger partial charge in [-0.15, -0.1) is 0 Å².